The Bertz CT molecular complexity index is 374. The van der Waals surface area contributed by atoms with E-state index in [0.717, 1.165) is 5.69 Å². The predicted octanol–water partition coefficient (Wildman–Crippen LogP) is 1.32. The first-order valence-electron chi connectivity index (χ1n) is 5.10. The number of aryl methyl sites for hydroxylation is 1. The summed E-state index contributed by atoms with van der Waals surface area (Å²) in [7, 11) is 1.85. The van der Waals surface area contributed by atoms with Gasteiger partial charge in [-0.15, -0.1) is 0 Å². The van der Waals surface area contributed by atoms with Crippen molar-refractivity contribution < 1.29 is 9.53 Å². The van der Waals surface area contributed by atoms with Gasteiger partial charge < -0.3 is 9.64 Å². The number of rotatable bonds is 2. The molecule has 0 unspecified atom stereocenters. The van der Waals surface area contributed by atoms with Crippen molar-refractivity contribution in [3.05, 3.63) is 18.0 Å². The lowest BCUT2D eigenvalue weighted by Crippen LogP contribution is -2.31. The second-order valence-corrected chi connectivity index (χ2v) is 3.75. The average Bonchev–Trinajstić information content (AvgIpc) is 2.71. The second kappa shape index (κ2) is 3.56. The number of cyclic esters (lactones) is 1. The quantitative estimate of drug-likeness (QED) is 0.738. The third kappa shape index (κ3) is 1.58. The van der Waals surface area contributed by atoms with Crippen molar-refractivity contribution in [2.75, 3.05) is 6.54 Å². The van der Waals surface area contributed by atoms with Crippen molar-refractivity contribution in [1.82, 2.24) is 14.7 Å². The number of aromatic nitrogens is 2. The number of carbonyl (C=O) groups is 1. The molecular weight excluding hydrogens is 194 g/mol. The fourth-order valence-corrected chi connectivity index (χ4v) is 1.91. The lowest BCUT2D eigenvalue weighted by molar-refractivity contribution is 0.128. The van der Waals surface area contributed by atoms with Crippen molar-refractivity contribution in [2.45, 2.75) is 26.0 Å². The van der Waals surface area contributed by atoms with Crippen molar-refractivity contribution >= 4 is 6.09 Å². The molecule has 15 heavy (non-hydrogen) atoms. The summed E-state index contributed by atoms with van der Waals surface area (Å²) in [6, 6.07) is 1.94. The Hall–Kier alpha value is -1.52. The van der Waals surface area contributed by atoms with Crippen LogP contribution in [0.4, 0.5) is 4.79 Å². The van der Waals surface area contributed by atoms with Gasteiger partial charge in [0.25, 0.3) is 0 Å². The number of nitrogens with zero attached hydrogens (tertiary/aromatic N) is 3. The lowest BCUT2D eigenvalue weighted by atomic mass is 10.1. The van der Waals surface area contributed by atoms with Crippen molar-refractivity contribution in [3.63, 3.8) is 0 Å². The van der Waals surface area contributed by atoms with Crippen molar-refractivity contribution in [2.24, 2.45) is 7.05 Å². The van der Waals surface area contributed by atoms with Crippen LogP contribution in [-0.2, 0) is 11.8 Å². The second-order valence-electron chi connectivity index (χ2n) is 3.75. The van der Waals surface area contributed by atoms with Gasteiger partial charge in [-0.05, 0) is 19.9 Å². The molecule has 1 aliphatic rings. The molecule has 1 aliphatic heterocycles. The summed E-state index contributed by atoms with van der Waals surface area (Å²) in [5.41, 5.74) is 0.814. The fourth-order valence-electron chi connectivity index (χ4n) is 1.91. The Balaban J connectivity index is 2.22. The zero-order valence-electron chi connectivity index (χ0n) is 9.17. The molecule has 1 aromatic heterocycles. The van der Waals surface area contributed by atoms with Gasteiger partial charge in [-0.3, -0.25) is 4.68 Å². The maximum Gasteiger partial charge on any atom is 0.410 e. The molecule has 0 N–H and O–H groups in total. The molecule has 0 aliphatic carbocycles. The van der Waals surface area contributed by atoms with Crippen LogP contribution < -0.4 is 0 Å². The number of hydrogen-bond donors (Lipinski definition) is 0. The molecule has 2 heterocycles. The van der Waals surface area contributed by atoms with Gasteiger partial charge >= 0.3 is 6.09 Å². The normalized spacial score (nSPS) is 25.8. The lowest BCUT2D eigenvalue weighted by Gasteiger charge is -2.17. The molecule has 0 aromatic carbocycles. The Labute approximate surface area is 88.6 Å². The number of carbonyl (C=O) groups excluding carboxylic acids is 1. The fraction of sp³-hybridized carbons (Fsp3) is 0.600. The van der Waals surface area contributed by atoms with E-state index in [0.29, 0.717) is 6.54 Å². The molecule has 2 rings (SSSR count). The largest absolute Gasteiger partial charge is 0.437 e. The standard InChI is InChI=1S/C10H15N3O2/c1-4-13-7(2)9(15-10(13)14)8-5-6-12(3)11-8/h5-7,9H,4H2,1-3H3/t7-,9-/m0/s1. The molecule has 0 saturated carbocycles. The van der Waals surface area contributed by atoms with Crippen LogP contribution in [0.15, 0.2) is 12.3 Å². The molecule has 1 amide bonds. The SMILES string of the molecule is CCN1C(=O)O[C@H](c2ccn(C)n2)[C@@H]1C. The molecule has 0 spiro atoms. The monoisotopic (exact) mass is 209 g/mol. The predicted molar refractivity (Wildman–Crippen MR) is 54.3 cm³/mol. The van der Waals surface area contributed by atoms with Gasteiger partial charge in [0.15, 0.2) is 6.10 Å². The van der Waals surface area contributed by atoms with Crippen LogP contribution in [0.2, 0.25) is 0 Å². The molecule has 1 aromatic rings. The third-order valence-electron chi connectivity index (χ3n) is 2.76. The summed E-state index contributed by atoms with van der Waals surface area (Å²) in [5.74, 6) is 0. The number of ether oxygens (including phenoxy) is 1. The first-order valence-corrected chi connectivity index (χ1v) is 5.10. The highest BCUT2D eigenvalue weighted by Gasteiger charge is 2.39. The molecule has 2 atom stereocenters. The summed E-state index contributed by atoms with van der Waals surface area (Å²) in [6.45, 7) is 4.59. The number of hydrogen-bond acceptors (Lipinski definition) is 3. The molecule has 82 valence electrons. The smallest absolute Gasteiger partial charge is 0.410 e. The van der Waals surface area contributed by atoms with Crippen LogP contribution >= 0.6 is 0 Å². The van der Waals surface area contributed by atoms with Crippen LogP contribution in [0.3, 0.4) is 0 Å². The first-order chi connectivity index (χ1) is 7.13. The van der Waals surface area contributed by atoms with E-state index in [4.69, 9.17) is 4.74 Å². The summed E-state index contributed by atoms with van der Waals surface area (Å²) in [6.07, 6.45) is 1.36. The summed E-state index contributed by atoms with van der Waals surface area (Å²) in [5, 5.41) is 4.26. The minimum absolute atomic E-state index is 0.0531. The van der Waals surface area contributed by atoms with E-state index >= 15 is 0 Å². The van der Waals surface area contributed by atoms with Gasteiger partial charge in [-0.1, -0.05) is 0 Å². The van der Waals surface area contributed by atoms with Crippen LogP contribution in [0, 0.1) is 0 Å². The average molecular weight is 209 g/mol. The Kier molecular flexibility index (Phi) is 2.38. The first kappa shape index (κ1) is 10.0. The summed E-state index contributed by atoms with van der Waals surface area (Å²) >= 11 is 0. The molecule has 5 nitrogen and oxygen atoms in total. The molecule has 1 fully saturated rings. The van der Waals surface area contributed by atoms with E-state index in [-0.39, 0.29) is 18.2 Å². The van der Waals surface area contributed by atoms with Crippen LogP contribution in [0.1, 0.15) is 25.6 Å². The zero-order chi connectivity index (χ0) is 11.0. The highest BCUT2D eigenvalue weighted by Crippen LogP contribution is 2.30. The van der Waals surface area contributed by atoms with E-state index in [2.05, 4.69) is 5.10 Å². The van der Waals surface area contributed by atoms with Crippen molar-refractivity contribution in [3.8, 4) is 0 Å². The van der Waals surface area contributed by atoms with Gasteiger partial charge in [0.05, 0.1) is 6.04 Å². The minimum atomic E-state index is -0.249. The summed E-state index contributed by atoms with van der Waals surface area (Å²) in [4.78, 5) is 13.2. The van der Waals surface area contributed by atoms with Gasteiger partial charge in [0, 0.05) is 19.8 Å². The maximum atomic E-state index is 11.5. The van der Waals surface area contributed by atoms with Gasteiger partial charge in [0.1, 0.15) is 5.69 Å². The molecule has 0 radical (unpaired) electrons. The summed E-state index contributed by atoms with van der Waals surface area (Å²) < 4.78 is 7.00. The number of likely N-dealkylation sites (N-methyl/N-ethyl adjacent to an activating group) is 1. The van der Waals surface area contributed by atoms with Crippen LogP contribution in [0.5, 0.6) is 0 Å². The van der Waals surface area contributed by atoms with Gasteiger partial charge in [-0.2, -0.15) is 5.10 Å². The zero-order valence-corrected chi connectivity index (χ0v) is 9.17. The number of amides is 1. The molecule has 0 bridgehead atoms. The Morgan fingerprint density at radius 3 is 2.80 bits per heavy atom. The van der Waals surface area contributed by atoms with E-state index in [9.17, 15) is 4.79 Å². The maximum absolute atomic E-state index is 11.5. The Morgan fingerprint density at radius 1 is 1.60 bits per heavy atom. The highest BCUT2D eigenvalue weighted by atomic mass is 16.6. The van der Waals surface area contributed by atoms with E-state index < -0.39 is 0 Å². The van der Waals surface area contributed by atoms with E-state index in [1.807, 2.05) is 33.2 Å². The molecule has 1 saturated heterocycles. The van der Waals surface area contributed by atoms with Crippen LogP contribution in [-0.4, -0.2) is 33.4 Å². The highest BCUT2D eigenvalue weighted by molar-refractivity contribution is 5.70. The Morgan fingerprint density at radius 2 is 2.33 bits per heavy atom. The molecular formula is C10H15N3O2. The van der Waals surface area contributed by atoms with E-state index in [1.165, 1.54) is 0 Å². The third-order valence-corrected chi connectivity index (χ3v) is 2.76. The van der Waals surface area contributed by atoms with Gasteiger partial charge in [-0.25, -0.2) is 4.79 Å². The minimum Gasteiger partial charge on any atom is -0.437 e. The van der Waals surface area contributed by atoms with Crippen LogP contribution in [0.25, 0.3) is 0 Å². The van der Waals surface area contributed by atoms with Gasteiger partial charge in [0.2, 0.25) is 0 Å². The topological polar surface area (TPSA) is 47.4 Å². The van der Waals surface area contributed by atoms with E-state index in [1.54, 1.807) is 9.58 Å². The van der Waals surface area contributed by atoms with Crippen molar-refractivity contribution in [1.29, 1.82) is 0 Å². The molecule has 5 heteroatoms.